The molecule has 0 rings (SSSR count). The van der Waals surface area contributed by atoms with Crippen molar-refractivity contribution in [3.8, 4) is 12.3 Å². The summed E-state index contributed by atoms with van der Waals surface area (Å²) < 4.78 is 22.4. The maximum absolute atomic E-state index is 10.8. The Hall–Kier alpha value is -1.06. The van der Waals surface area contributed by atoms with Crippen LogP contribution in [0.5, 0.6) is 0 Å². The van der Waals surface area contributed by atoms with Crippen molar-refractivity contribution in [1.29, 1.82) is 0 Å². The molecule has 0 saturated heterocycles. The molecule has 68 valence electrons. The molecule has 0 saturated carbocycles. The van der Waals surface area contributed by atoms with E-state index in [-0.39, 0.29) is 6.54 Å². The summed E-state index contributed by atoms with van der Waals surface area (Å²) in [7, 11) is -3.51. The van der Waals surface area contributed by atoms with E-state index in [1.54, 1.807) is 0 Å². The van der Waals surface area contributed by atoms with Crippen molar-refractivity contribution in [2.75, 3.05) is 19.3 Å². The highest BCUT2D eigenvalue weighted by Crippen LogP contribution is 1.95. The monoisotopic (exact) mass is 191 g/mol. The van der Waals surface area contributed by atoms with Gasteiger partial charge < -0.3 is 5.11 Å². The Bertz CT molecular complexity index is 300. The first-order valence-corrected chi connectivity index (χ1v) is 4.83. The largest absolute Gasteiger partial charge is 0.480 e. The van der Waals surface area contributed by atoms with E-state index in [4.69, 9.17) is 11.5 Å². The molecule has 12 heavy (non-hydrogen) atoms. The molecule has 0 spiro atoms. The van der Waals surface area contributed by atoms with Gasteiger partial charge in [-0.1, -0.05) is 5.92 Å². The van der Waals surface area contributed by atoms with Crippen molar-refractivity contribution in [3.63, 3.8) is 0 Å². The van der Waals surface area contributed by atoms with Gasteiger partial charge in [0, 0.05) is 0 Å². The lowest BCUT2D eigenvalue weighted by atomic mass is 10.6. The van der Waals surface area contributed by atoms with Gasteiger partial charge in [-0.25, -0.2) is 8.42 Å². The molecule has 5 nitrogen and oxygen atoms in total. The van der Waals surface area contributed by atoms with Crippen LogP contribution in [0.25, 0.3) is 0 Å². The quantitative estimate of drug-likeness (QED) is 0.576. The number of carboxylic acid groups (broad SMARTS) is 1. The molecule has 0 amide bonds. The highest BCUT2D eigenvalue weighted by molar-refractivity contribution is 7.88. The van der Waals surface area contributed by atoms with Gasteiger partial charge >= 0.3 is 5.97 Å². The van der Waals surface area contributed by atoms with Crippen LogP contribution in [0.15, 0.2) is 0 Å². The molecule has 0 radical (unpaired) electrons. The van der Waals surface area contributed by atoms with Gasteiger partial charge in [0.25, 0.3) is 0 Å². The molecule has 1 N–H and O–H groups in total. The molecule has 0 fully saturated rings. The molecular formula is C6H9NO4S. The second kappa shape index (κ2) is 4.09. The second-order valence-electron chi connectivity index (χ2n) is 2.13. The summed E-state index contributed by atoms with van der Waals surface area (Å²) in [6.45, 7) is -0.811. The highest BCUT2D eigenvalue weighted by atomic mass is 32.2. The highest BCUT2D eigenvalue weighted by Gasteiger charge is 2.17. The third-order valence-electron chi connectivity index (χ3n) is 1.05. The fraction of sp³-hybridized carbons (Fsp3) is 0.500. The van der Waals surface area contributed by atoms with Crippen LogP contribution in [0, 0.1) is 12.3 Å². The lowest BCUT2D eigenvalue weighted by molar-refractivity contribution is -0.137. The average molecular weight is 191 g/mol. The van der Waals surface area contributed by atoms with Gasteiger partial charge in [-0.3, -0.25) is 4.79 Å². The van der Waals surface area contributed by atoms with E-state index in [1.807, 2.05) is 0 Å². The molecule has 0 heterocycles. The first-order chi connectivity index (χ1) is 5.38. The molecule has 0 unspecified atom stereocenters. The number of hydrogen-bond acceptors (Lipinski definition) is 3. The topological polar surface area (TPSA) is 74.7 Å². The van der Waals surface area contributed by atoms with Crippen LogP contribution in [0.4, 0.5) is 0 Å². The van der Waals surface area contributed by atoms with E-state index in [2.05, 4.69) is 5.92 Å². The van der Waals surface area contributed by atoms with Crippen LogP contribution in [0.2, 0.25) is 0 Å². The number of rotatable bonds is 4. The van der Waals surface area contributed by atoms with E-state index >= 15 is 0 Å². The van der Waals surface area contributed by atoms with Crippen LogP contribution >= 0.6 is 0 Å². The van der Waals surface area contributed by atoms with Crippen molar-refractivity contribution in [2.24, 2.45) is 0 Å². The summed E-state index contributed by atoms with van der Waals surface area (Å²) in [6, 6.07) is 0. The van der Waals surface area contributed by atoms with Crippen LogP contribution in [0.1, 0.15) is 0 Å². The number of carboxylic acids is 1. The fourth-order valence-corrected chi connectivity index (χ4v) is 1.20. The number of carbonyl (C=O) groups is 1. The number of hydrogen-bond donors (Lipinski definition) is 1. The van der Waals surface area contributed by atoms with Crippen molar-refractivity contribution >= 4 is 16.0 Å². The van der Waals surface area contributed by atoms with E-state index in [1.165, 1.54) is 0 Å². The summed E-state index contributed by atoms with van der Waals surface area (Å²) in [4.78, 5) is 10.2. The SMILES string of the molecule is C#CCN(CC(=O)O)S(C)(=O)=O. The van der Waals surface area contributed by atoms with Crippen molar-refractivity contribution in [2.45, 2.75) is 0 Å². The zero-order chi connectivity index (χ0) is 9.78. The van der Waals surface area contributed by atoms with E-state index < -0.39 is 22.5 Å². The minimum atomic E-state index is -3.51. The predicted molar refractivity (Wildman–Crippen MR) is 42.9 cm³/mol. The second-order valence-corrected chi connectivity index (χ2v) is 4.11. The Labute approximate surface area is 71.0 Å². The number of sulfonamides is 1. The third-order valence-corrected chi connectivity index (χ3v) is 2.24. The van der Waals surface area contributed by atoms with Gasteiger partial charge in [0.15, 0.2) is 0 Å². The van der Waals surface area contributed by atoms with Crippen molar-refractivity contribution in [3.05, 3.63) is 0 Å². The molecule has 0 aliphatic heterocycles. The van der Waals surface area contributed by atoms with Crippen LogP contribution in [-0.2, 0) is 14.8 Å². The fourth-order valence-electron chi connectivity index (χ4n) is 0.543. The summed E-state index contributed by atoms with van der Waals surface area (Å²) in [6.07, 6.45) is 5.76. The number of aliphatic carboxylic acids is 1. The number of nitrogens with zero attached hydrogens (tertiary/aromatic N) is 1. The smallest absolute Gasteiger partial charge is 0.318 e. The maximum Gasteiger partial charge on any atom is 0.318 e. The normalized spacial score (nSPS) is 11.1. The maximum atomic E-state index is 10.8. The zero-order valence-corrected chi connectivity index (χ0v) is 7.34. The van der Waals surface area contributed by atoms with Crippen molar-refractivity contribution < 1.29 is 18.3 Å². The Morgan fingerprint density at radius 1 is 1.67 bits per heavy atom. The Morgan fingerprint density at radius 3 is 2.42 bits per heavy atom. The Morgan fingerprint density at radius 2 is 2.17 bits per heavy atom. The van der Waals surface area contributed by atoms with E-state index in [0.717, 1.165) is 6.26 Å². The molecule has 0 bridgehead atoms. The summed E-state index contributed by atoms with van der Waals surface area (Å²) in [5.74, 6) is 0.837. The van der Waals surface area contributed by atoms with Gasteiger partial charge in [0.2, 0.25) is 10.0 Å². The molecule has 6 heteroatoms. The third kappa shape index (κ3) is 3.95. The predicted octanol–water partition coefficient (Wildman–Crippen LogP) is -1.03. The molecule has 0 aromatic carbocycles. The van der Waals surface area contributed by atoms with Crippen LogP contribution in [-0.4, -0.2) is 43.1 Å². The summed E-state index contributed by atoms with van der Waals surface area (Å²) >= 11 is 0. The first kappa shape index (κ1) is 10.9. The minimum Gasteiger partial charge on any atom is -0.480 e. The molecular weight excluding hydrogens is 182 g/mol. The van der Waals surface area contributed by atoms with Gasteiger partial charge in [-0.05, 0) is 0 Å². The van der Waals surface area contributed by atoms with E-state index in [0.29, 0.717) is 4.31 Å². The lowest BCUT2D eigenvalue weighted by Crippen LogP contribution is -2.35. The Kier molecular flexibility index (Phi) is 3.73. The lowest BCUT2D eigenvalue weighted by Gasteiger charge is -2.13. The zero-order valence-electron chi connectivity index (χ0n) is 6.52. The Balaban J connectivity index is 4.48. The van der Waals surface area contributed by atoms with E-state index in [9.17, 15) is 13.2 Å². The first-order valence-electron chi connectivity index (χ1n) is 2.98. The number of terminal acetylenes is 1. The van der Waals surface area contributed by atoms with Gasteiger partial charge in [-0.2, -0.15) is 4.31 Å². The van der Waals surface area contributed by atoms with Crippen molar-refractivity contribution in [1.82, 2.24) is 4.31 Å². The molecule has 0 aliphatic carbocycles. The van der Waals surface area contributed by atoms with Gasteiger partial charge in [0.1, 0.15) is 6.54 Å². The van der Waals surface area contributed by atoms with Gasteiger partial charge in [0.05, 0.1) is 12.8 Å². The minimum absolute atomic E-state index is 0.217. The van der Waals surface area contributed by atoms with Gasteiger partial charge in [-0.15, -0.1) is 6.42 Å². The molecule has 0 aliphatic rings. The molecule has 0 atom stereocenters. The van der Waals surface area contributed by atoms with Crippen LogP contribution < -0.4 is 0 Å². The standard InChI is InChI=1S/C6H9NO4S/c1-3-4-7(5-6(8)9)12(2,10)11/h1H,4-5H2,2H3,(H,8,9). The molecule has 0 aromatic heterocycles. The summed E-state index contributed by atoms with van der Waals surface area (Å²) in [5, 5.41) is 8.30. The summed E-state index contributed by atoms with van der Waals surface area (Å²) in [5.41, 5.74) is 0. The average Bonchev–Trinajstić information content (AvgIpc) is 1.83. The van der Waals surface area contributed by atoms with Crippen LogP contribution in [0.3, 0.4) is 0 Å². The molecule has 0 aromatic rings.